The summed E-state index contributed by atoms with van der Waals surface area (Å²) in [7, 11) is 0. The van der Waals surface area contributed by atoms with E-state index in [9.17, 15) is 4.79 Å². The average molecular weight is 345 g/mol. The molecular weight excluding hydrogens is 328 g/mol. The Morgan fingerprint density at radius 2 is 2.00 bits per heavy atom. The number of allylic oxidation sites excluding steroid dienone is 1. The predicted molar refractivity (Wildman–Crippen MR) is 89.7 cm³/mol. The molecule has 3 heteroatoms. The van der Waals surface area contributed by atoms with Crippen LogP contribution in [0.5, 0.6) is 5.75 Å². The molecule has 0 heterocycles. The zero-order valence-corrected chi connectivity index (χ0v) is 13.7. The van der Waals surface area contributed by atoms with Crippen molar-refractivity contribution in [3.8, 4) is 5.75 Å². The second-order valence-corrected chi connectivity index (χ2v) is 5.74. The third kappa shape index (κ3) is 3.42. The van der Waals surface area contributed by atoms with Gasteiger partial charge >= 0.3 is 0 Å². The van der Waals surface area contributed by atoms with Gasteiger partial charge in [0.1, 0.15) is 12.4 Å². The highest BCUT2D eigenvalue weighted by atomic mass is 79.9. The van der Waals surface area contributed by atoms with Gasteiger partial charge in [-0.3, -0.25) is 4.79 Å². The van der Waals surface area contributed by atoms with Gasteiger partial charge in [0, 0.05) is 15.6 Å². The van der Waals surface area contributed by atoms with Crippen molar-refractivity contribution in [2.75, 3.05) is 0 Å². The molecule has 0 fully saturated rings. The molecule has 2 rings (SSSR count). The Hall–Kier alpha value is -1.87. The highest BCUT2D eigenvalue weighted by molar-refractivity contribution is 9.10. The summed E-state index contributed by atoms with van der Waals surface area (Å²) in [6.45, 7) is 8.36. The average Bonchev–Trinajstić information content (AvgIpc) is 2.48. The molecule has 0 saturated heterocycles. The molecule has 0 spiro atoms. The molecule has 0 N–H and O–H groups in total. The van der Waals surface area contributed by atoms with Gasteiger partial charge in [0.05, 0.1) is 0 Å². The molecule has 21 heavy (non-hydrogen) atoms. The molecule has 0 aliphatic rings. The van der Waals surface area contributed by atoms with Crippen LogP contribution in [0, 0.1) is 6.92 Å². The van der Waals surface area contributed by atoms with E-state index in [1.807, 2.05) is 44.2 Å². The second-order valence-electron chi connectivity index (χ2n) is 4.95. The molecule has 0 aromatic heterocycles. The largest absolute Gasteiger partial charge is 0.488 e. The van der Waals surface area contributed by atoms with Gasteiger partial charge in [-0.1, -0.05) is 36.9 Å². The lowest BCUT2D eigenvalue weighted by Gasteiger charge is -2.17. The number of hydrogen-bond acceptors (Lipinski definition) is 2. The number of aldehydes is 1. The molecule has 0 saturated carbocycles. The first-order valence-corrected chi connectivity index (χ1v) is 7.44. The minimum Gasteiger partial charge on any atom is -0.488 e. The molecule has 2 aromatic carbocycles. The van der Waals surface area contributed by atoms with Gasteiger partial charge in [0.25, 0.3) is 0 Å². The number of benzene rings is 2. The lowest BCUT2D eigenvalue weighted by molar-refractivity contribution is 0.112. The number of carbonyl (C=O) groups excluding carboxylic acids is 1. The van der Waals surface area contributed by atoms with Crippen LogP contribution in [0.4, 0.5) is 0 Å². The van der Waals surface area contributed by atoms with E-state index in [4.69, 9.17) is 4.74 Å². The summed E-state index contributed by atoms with van der Waals surface area (Å²) in [5.41, 5.74) is 4.49. The van der Waals surface area contributed by atoms with Crippen LogP contribution < -0.4 is 4.74 Å². The van der Waals surface area contributed by atoms with E-state index in [0.29, 0.717) is 17.9 Å². The molecule has 0 atom stereocenters. The third-order valence-electron chi connectivity index (χ3n) is 3.28. The van der Waals surface area contributed by atoms with E-state index in [-0.39, 0.29) is 0 Å². The summed E-state index contributed by atoms with van der Waals surface area (Å²) in [4.78, 5) is 11.2. The maximum absolute atomic E-state index is 11.2. The van der Waals surface area contributed by atoms with Crippen molar-refractivity contribution in [1.29, 1.82) is 0 Å². The van der Waals surface area contributed by atoms with Gasteiger partial charge < -0.3 is 4.74 Å². The molecule has 0 unspecified atom stereocenters. The smallest absolute Gasteiger partial charge is 0.151 e. The Bertz CT molecular complexity index is 675. The van der Waals surface area contributed by atoms with Crippen LogP contribution in [-0.2, 0) is 6.61 Å². The van der Waals surface area contributed by atoms with E-state index in [1.54, 1.807) is 6.07 Å². The second kappa shape index (κ2) is 6.72. The molecule has 0 aliphatic carbocycles. The van der Waals surface area contributed by atoms with E-state index >= 15 is 0 Å². The quantitative estimate of drug-likeness (QED) is 0.698. The van der Waals surface area contributed by atoms with Crippen LogP contribution in [0.1, 0.15) is 34.0 Å². The SMILES string of the molecule is C=C(C)c1c(OCc2ccccc2)cc(C=O)c(Br)c1C. The first-order chi connectivity index (χ1) is 10.0. The third-order valence-corrected chi connectivity index (χ3v) is 4.33. The van der Waals surface area contributed by atoms with E-state index in [0.717, 1.165) is 33.0 Å². The predicted octanol–water partition coefficient (Wildman–Crippen LogP) is 5.18. The first-order valence-electron chi connectivity index (χ1n) is 6.65. The Morgan fingerprint density at radius 3 is 2.57 bits per heavy atom. The zero-order chi connectivity index (χ0) is 15.4. The topological polar surface area (TPSA) is 26.3 Å². The zero-order valence-electron chi connectivity index (χ0n) is 12.2. The fourth-order valence-corrected chi connectivity index (χ4v) is 2.66. The van der Waals surface area contributed by atoms with Crippen LogP contribution in [0.25, 0.3) is 5.57 Å². The van der Waals surface area contributed by atoms with Gasteiger partial charge in [0.15, 0.2) is 6.29 Å². The van der Waals surface area contributed by atoms with Gasteiger partial charge in [0.2, 0.25) is 0 Å². The standard InChI is InChI=1S/C18H17BrO2/c1-12(2)17-13(3)18(19)15(10-20)9-16(17)21-11-14-7-5-4-6-8-14/h4-10H,1,11H2,2-3H3. The van der Waals surface area contributed by atoms with Gasteiger partial charge in [-0.2, -0.15) is 0 Å². The summed E-state index contributed by atoms with van der Waals surface area (Å²) in [5, 5.41) is 0. The highest BCUT2D eigenvalue weighted by Gasteiger charge is 2.15. The molecule has 108 valence electrons. The Kier molecular flexibility index (Phi) is 4.97. The Balaban J connectivity index is 2.39. The number of halogens is 1. The van der Waals surface area contributed by atoms with Crippen molar-refractivity contribution in [2.45, 2.75) is 20.5 Å². The normalized spacial score (nSPS) is 10.2. The lowest BCUT2D eigenvalue weighted by Crippen LogP contribution is -2.02. The minimum absolute atomic E-state index is 0.459. The molecule has 0 amide bonds. The van der Waals surface area contributed by atoms with Crippen molar-refractivity contribution in [1.82, 2.24) is 0 Å². The van der Waals surface area contributed by atoms with Crippen molar-refractivity contribution in [3.05, 3.63) is 69.7 Å². The number of rotatable bonds is 5. The minimum atomic E-state index is 0.459. The van der Waals surface area contributed by atoms with Gasteiger partial charge in [-0.15, -0.1) is 0 Å². The number of carbonyl (C=O) groups is 1. The summed E-state index contributed by atoms with van der Waals surface area (Å²) in [6, 6.07) is 11.7. The van der Waals surface area contributed by atoms with Crippen LogP contribution in [0.15, 0.2) is 47.4 Å². The molecule has 0 bridgehead atoms. The van der Waals surface area contributed by atoms with E-state index < -0.39 is 0 Å². The highest BCUT2D eigenvalue weighted by Crippen LogP contribution is 2.35. The maximum Gasteiger partial charge on any atom is 0.151 e. The summed E-state index contributed by atoms with van der Waals surface area (Å²) in [5.74, 6) is 0.689. The molecule has 0 radical (unpaired) electrons. The summed E-state index contributed by atoms with van der Waals surface area (Å²) in [6.07, 6.45) is 0.828. The fourth-order valence-electron chi connectivity index (χ4n) is 2.25. The summed E-state index contributed by atoms with van der Waals surface area (Å²) >= 11 is 3.46. The Labute approximate surface area is 133 Å². The van der Waals surface area contributed by atoms with Crippen molar-refractivity contribution in [2.24, 2.45) is 0 Å². The number of hydrogen-bond donors (Lipinski definition) is 0. The van der Waals surface area contributed by atoms with E-state index in [2.05, 4.69) is 22.5 Å². The first kappa shape index (κ1) is 15.5. The molecule has 2 nitrogen and oxygen atoms in total. The van der Waals surface area contributed by atoms with Gasteiger partial charge in [-0.05, 0) is 52.5 Å². The Morgan fingerprint density at radius 1 is 1.33 bits per heavy atom. The van der Waals surface area contributed by atoms with Crippen molar-refractivity contribution < 1.29 is 9.53 Å². The summed E-state index contributed by atoms with van der Waals surface area (Å²) < 4.78 is 6.72. The lowest BCUT2D eigenvalue weighted by atomic mass is 9.99. The molecule has 0 aliphatic heterocycles. The number of ether oxygens (including phenoxy) is 1. The maximum atomic E-state index is 11.2. The monoisotopic (exact) mass is 344 g/mol. The van der Waals surface area contributed by atoms with E-state index in [1.165, 1.54) is 0 Å². The van der Waals surface area contributed by atoms with Crippen molar-refractivity contribution >= 4 is 27.8 Å². The van der Waals surface area contributed by atoms with Gasteiger partial charge in [-0.25, -0.2) is 0 Å². The van der Waals surface area contributed by atoms with Crippen molar-refractivity contribution in [3.63, 3.8) is 0 Å². The fraction of sp³-hybridized carbons (Fsp3) is 0.167. The van der Waals surface area contributed by atoms with Crippen LogP contribution in [-0.4, -0.2) is 6.29 Å². The van der Waals surface area contributed by atoms with Crippen LogP contribution >= 0.6 is 15.9 Å². The molecule has 2 aromatic rings. The van der Waals surface area contributed by atoms with Crippen LogP contribution in [0.3, 0.4) is 0 Å². The van der Waals surface area contributed by atoms with Crippen LogP contribution in [0.2, 0.25) is 0 Å². The molecular formula is C18H17BrO2.